The van der Waals surface area contributed by atoms with Crippen LogP contribution in [0.15, 0.2) is 66.7 Å². The number of aliphatic carboxylic acids is 1. The number of carbonyl (C=O) groups is 1. The molecule has 0 spiro atoms. The van der Waals surface area contributed by atoms with Gasteiger partial charge in [0.15, 0.2) is 0 Å². The molecule has 4 heteroatoms. The Labute approximate surface area is 165 Å². The van der Waals surface area contributed by atoms with E-state index in [1.165, 1.54) is 0 Å². The molecule has 4 nitrogen and oxygen atoms in total. The summed E-state index contributed by atoms with van der Waals surface area (Å²) in [6, 6.07) is 21.5. The average Bonchev–Trinajstić information content (AvgIpc) is 2.66. The maximum absolute atomic E-state index is 10.7. The van der Waals surface area contributed by atoms with Crippen molar-refractivity contribution >= 4 is 5.97 Å². The summed E-state index contributed by atoms with van der Waals surface area (Å²) in [6.07, 6.45) is 0.644. The minimum Gasteiger partial charge on any atom is -0.489 e. The van der Waals surface area contributed by atoms with E-state index in [1.54, 1.807) is 0 Å². The Morgan fingerprint density at radius 1 is 0.893 bits per heavy atom. The standard InChI is InChI=1S/C24H24O4/c1-17-13-18(2)15-22(14-17)28-23-6-4-3-5-20(23)16-27-21-10-7-19(8-11-21)9-12-24(25)26/h3-8,10-11,13-15H,9,12,16H2,1-2H3,(H,25,26). The number of benzene rings is 3. The van der Waals surface area contributed by atoms with Crippen LogP contribution in [0.25, 0.3) is 0 Å². The Morgan fingerprint density at radius 2 is 1.57 bits per heavy atom. The van der Waals surface area contributed by atoms with Gasteiger partial charge in [-0.05, 0) is 67.3 Å². The van der Waals surface area contributed by atoms with Crippen molar-refractivity contribution in [1.82, 2.24) is 0 Å². The minimum atomic E-state index is -0.791. The Hall–Kier alpha value is -3.27. The van der Waals surface area contributed by atoms with Crippen molar-refractivity contribution in [3.8, 4) is 17.2 Å². The van der Waals surface area contributed by atoms with E-state index in [2.05, 4.69) is 19.9 Å². The van der Waals surface area contributed by atoms with E-state index in [0.717, 1.165) is 39.5 Å². The fourth-order valence-corrected chi connectivity index (χ4v) is 3.01. The highest BCUT2D eigenvalue weighted by atomic mass is 16.5. The molecule has 3 rings (SSSR count). The summed E-state index contributed by atoms with van der Waals surface area (Å²) in [6.45, 7) is 4.49. The van der Waals surface area contributed by atoms with Crippen LogP contribution >= 0.6 is 0 Å². The number of hydrogen-bond donors (Lipinski definition) is 1. The Morgan fingerprint density at radius 3 is 2.25 bits per heavy atom. The first-order valence-electron chi connectivity index (χ1n) is 9.27. The monoisotopic (exact) mass is 376 g/mol. The van der Waals surface area contributed by atoms with Crippen LogP contribution in [0.4, 0.5) is 0 Å². The molecule has 144 valence electrons. The molecule has 0 bridgehead atoms. The first-order valence-corrected chi connectivity index (χ1v) is 9.27. The van der Waals surface area contributed by atoms with Crippen LogP contribution in [0.1, 0.15) is 28.7 Å². The lowest BCUT2D eigenvalue weighted by molar-refractivity contribution is -0.136. The Bertz CT molecular complexity index is 925. The number of aryl methyl sites for hydroxylation is 3. The molecule has 0 radical (unpaired) electrons. The van der Waals surface area contributed by atoms with Crippen molar-refractivity contribution in [2.75, 3.05) is 0 Å². The predicted octanol–water partition coefficient (Wildman–Crippen LogP) is 5.69. The lowest BCUT2D eigenvalue weighted by Crippen LogP contribution is -1.99. The number of rotatable bonds is 8. The molecule has 0 aliphatic rings. The number of ether oxygens (including phenoxy) is 2. The van der Waals surface area contributed by atoms with Crippen molar-refractivity contribution in [3.05, 3.63) is 89.0 Å². The summed E-state index contributed by atoms with van der Waals surface area (Å²) in [5.41, 5.74) is 4.25. The van der Waals surface area contributed by atoms with Crippen molar-refractivity contribution in [2.45, 2.75) is 33.3 Å². The van der Waals surface area contributed by atoms with Crippen molar-refractivity contribution in [1.29, 1.82) is 0 Å². The molecule has 0 amide bonds. The molecule has 0 aliphatic carbocycles. The van der Waals surface area contributed by atoms with Crippen LogP contribution in [0.5, 0.6) is 17.2 Å². The zero-order valence-electron chi connectivity index (χ0n) is 16.1. The van der Waals surface area contributed by atoms with Gasteiger partial charge in [0.25, 0.3) is 0 Å². The van der Waals surface area contributed by atoms with Gasteiger partial charge in [-0.3, -0.25) is 4.79 Å². The van der Waals surface area contributed by atoms with E-state index >= 15 is 0 Å². The highest BCUT2D eigenvalue weighted by Crippen LogP contribution is 2.28. The Kier molecular flexibility index (Phi) is 6.33. The minimum absolute atomic E-state index is 0.128. The lowest BCUT2D eigenvalue weighted by Gasteiger charge is -2.13. The predicted molar refractivity (Wildman–Crippen MR) is 109 cm³/mol. The van der Waals surface area contributed by atoms with Crippen molar-refractivity contribution < 1.29 is 19.4 Å². The van der Waals surface area contributed by atoms with Gasteiger partial charge < -0.3 is 14.6 Å². The number of hydrogen-bond acceptors (Lipinski definition) is 3. The maximum Gasteiger partial charge on any atom is 0.303 e. The molecular weight excluding hydrogens is 352 g/mol. The van der Waals surface area contributed by atoms with Crippen LogP contribution in [-0.4, -0.2) is 11.1 Å². The number of carboxylic acids is 1. The second kappa shape index (κ2) is 9.09. The molecule has 0 saturated heterocycles. The van der Waals surface area contributed by atoms with E-state index < -0.39 is 5.97 Å². The summed E-state index contributed by atoms with van der Waals surface area (Å²) in [5.74, 6) is 1.53. The SMILES string of the molecule is Cc1cc(C)cc(Oc2ccccc2COc2ccc(CCC(=O)O)cc2)c1. The van der Waals surface area contributed by atoms with Crippen LogP contribution in [-0.2, 0) is 17.8 Å². The summed E-state index contributed by atoms with van der Waals surface area (Å²) in [7, 11) is 0. The van der Waals surface area contributed by atoms with E-state index in [9.17, 15) is 4.79 Å². The second-order valence-electron chi connectivity index (χ2n) is 6.86. The van der Waals surface area contributed by atoms with Gasteiger partial charge in [0, 0.05) is 12.0 Å². The van der Waals surface area contributed by atoms with E-state index in [0.29, 0.717) is 13.0 Å². The van der Waals surface area contributed by atoms with Gasteiger partial charge >= 0.3 is 5.97 Å². The summed E-state index contributed by atoms with van der Waals surface area (Å²) < 4.78 is 12.0. The van der Waals surface area contributed by atoms with Crippen LogP contribution in [0.3, 0.4) is 0 Å². The van der Waals surface area contributed by atoms with Crippen molar-refractivity contribution in [3.63, 3.8) is 0 Å². The van der Waals surface area contributed by atoms with Gasteiger partial charge in [0.05, 0.1) is 0 Å². The zero-order chi connectivity index (χ0) is 19.9. The molecule has 0 fully saturated rings. The molecule has 28 heavy (non-hydrogen) atoms. The lowest BCUT2D eigenvalue weighted by atomic mass is 10.1. The van der Waals surface area contributed by atoms with Gasteiger partial charge in [-0.1, -0.05) is 36.4 Å². The number of para-hydroxylation sites is 1. The van der Waals surface area contributed by atoms with E-state index in [1.807, 2.05) is 60.7 Å². The molecule has 3 aromatic carbocycles. The maximum atomic E-state index is 10.7. The van der Waals surface area contributed by atoms with Gasteiger partial charge in [-0.25, -0.2) is 0 Å². The quantitative estimate of drug-likeness (QED) is 0.548. The fourth-order valence-electron chi connectivity index (χ4n) is 3.01. The molecule has 0 saturated carbocycles. The smallest absolute Gasteiger partial charge is 0.303 e. The fraction of sp³-hybridized carbons (Fsp3) is 0.208. The highest BCUT2D eigenvalue weighted by molar-refractivity contribution is 5.67. The third-order valence-corrected chi connectivity index (χ3v) is 4.34. The molecule has 3 aromatic rings. The third-order valence-electron chi connectivity index (χ3n) is 4.34. The highest BCUT2D eigenvalue weighted by Gasteiger charge is 2.07. The molecular formula is C24H24O4. The molecule has 1 N–H and O–H groups in total. The topological polar surface area (TPSA) is 55.8 Å². The summed E-state index contributed by atoms with van der Waals surface area (Å²) in [4.78, 5) is 10.7. The molecule has 0 unspecified atom stereocenters. The van der Waals surface area contributed by atoms with Crippen molar-refractivity contribution in [2.24, 2.45) is 0 Å². The average molecular weight is 376 g/mol. The van der Waals surface area contributed by atoms with Gasteiger partial charge in [-0.2, -0.15) is 0 Å². The van der Waals surface area contributed by atoms with Gasteiger partial charge in [0.2, 0.25) is 0 Å². The van der Waals surface area contributed by atoms with Crippen LogP contribution in [0, 0.1) is 13.8 Å². The van der Waals surface area contributed by atoms with Crippen LogP contribution < -0.4 is 9.47 Å². The van der Waals surface area contributed by atoms with Gasteiger partial charge in [0.1, 0.15) is 23.9 Å². The molecule has 0 aliphatic heterocycles. The first-order chi connectivity index (χ1) is 13.5. The largest absolute Gasteiger partial charge is 0.489 e. The van der Waals surface area contributed by atoms with E-state index in [4.69, 9.17) is 14.6 Å². The molecule has 0 aromatic heterocycles. The zero-order valence-corrected chi connectivity index (χ0v) is 16.1. The first kappa shape index (κ1) is 19.5. The van der Waals surface area contributed by atoms with Gasteiger partial charge in [-0.15, -0.1) is 0 Å². The molecule has 0 atom stereocenters. The van der Waals surface area contributed by atoms with E-state index in [-0.39, 0.29) is 6.42 Å². The third kappa shape index (κ3) is 5.61. The number of carboxylic acid groups (broad SMARTS) is 1. The normalized spacial score (nSPS) is 10.5. The molecule has 0 heterocycles. The Balaban J connectivity index is 1.65. The van der Waals surface area contributed by atoms with Crippen LogP contribution in [0.2, 0.25) is 0 Å². The summed E-state index contributed by atoms with van der Waals surface area (Å²) >= 11 is 0. The second-order valence-corrected chi connectivity index (χ2v) is 6.86. The summed E-state index contributed by atoms with van der Waals surface area (Å²) in [5, 5.41) is 8.77.